The molecule has 0 spiro atoms. The van der Waals surface area contributed by atoms with Crippen LogP contribution >= 0.6 is 0 Å². The standard InChI is InChI=1S/C33H56O3/c1-22(2)9-8-10-24(5)28-13-14-29-27-12-11-25-21-26(36-31(34)35-20-17-23(3)4)15-18-32(25,6)30(27)16-19-33(28,29)7/h11,22-24,26-30H,8-10,12-21H2,1-7H3/t24-,26+,27+,28-,29+,30+,32+,33-/m1/s1. The average Bonchev–Trinajstić information content (AvgIpc) is 3.16. The van der Waals surface area contributed by atoms with Crippen molar-refractivity contribution < 1.29 is 14.3 Å². The van der Waals surface area contributed by atoms with Gasteiger partial charge < -0.3 is 9.47 Å². The molecule has 0 radical (unpaired) electrons. The minimum atomic E-state index is -0.466. The second kappa shape index (κ2) is 11.4. The molecule has 4 rings (SSSR count). The number of ether oxygens (including phenoxy) is 2. The Morgan fingerprint density at radius 2 is 1.69 bits per heavy atom. The molecule has 4 aliphatic rings. The van der Waals surface area contributed by atoms with Gasteiger partial charge in [0.05, 0.1) is 6.61 Å². The highest BCUT2D eigenvalue weighted by Crippen LogP contribution is 2.67. The Labute approximate surface area is 222 Å². The fourth-order valence-electron chi connectivity index (χ4n) is 9.30. The molecule has 36 heavy (non-hydrogen) atoms. The largest absolute Gasteiger partial charge is 0.508 e. The highest BCUT2D eigenvalue weighted by atomic mass is 16.7. The highest BCUT2D eigenvalue weighted by molar-refractivity contribution is 5.60. The number of carbonyl (C=O) groups is 1. The molecule has 3 saturated carbocycles. The molecule has 0 aromatic carbocycles. The molecular weight excluding hydrogens is 444 g/mol. The monoisotopic (exact) mass is 500 g/mol. The van der Waals surface area contributed by atoms with Gasteiger partial charge in [0, 0.05) is 6.42 Å². The summed E-state index contributed by atoms with van der Waals surface area (Å²) in [5.74, 6) is 5.71. The van der Waals surface area contributed by atoms with Gasteiger partial charge >= 0.3 is 6.16 Å². The fourth-order valence-corrected chi connectivity index (χ4v) is 9.30. The second-order valence-corrected chi connectivity index (χ2v) is 14.6. The number of carbonyl (C=O) groups excluding carboxylic acids is 1. The molecule has 3 fully saturated rings. The van der Waals surface area contributed by atoms with Crippen LogP contribution in [0.15, 0.2) is 11.6 Å². The van der Waals surface area contributed by atoms with Crippen molar-refractivity contribution >= 4 is 6.16 Å². The third-order valence-corrected chi connectivity index (χ3v) is 11.4. The van der Waals surface area contributed by atoms with Crippen LogP contribution in [0.3, 0.4) is 0 Å². The molecule has 0 heterocycles. The first-order chi connectivity index (χ1) is 17.0. The van der Waals surface area contributed by atoms with Gasteiger partial charge in [0.25, 0.3) is 0 Å². The molecule has 4 aliphatic carbocycles. The third-order valence-electron chi connectivity index (χ3n) is 11.4. The third kappa shape index (κ3) is 5.70. The summed E-state index contributed by atoms with van der Waals surface area (Å²) >= 11 is 0. The summed E-state index contributed by atoms with van der Waals surface area (Å²) in [5, 5.41) is 0. The summed E-state index contributed by atoms with van der Waals surface area (Å²) in [6.07, 6.45) is 17.2. The van der Waals surface area contributed by atoms with E-state index in [1.54, 1.807) is 5.57 Å². The number of hydrogen-bond acceptors (Lipinski definition) is 3. The van der Waals surface area contributed by atoms with E-state index >= 15 is 0 Å². The molecule has 8 atom stereocenters. The molecule has 0 aromatic rings. The number of fused-ring (bicyclic) bond motifs is 5. The summed E-state index contributed by atoms with van der Waals surface area (Å²) in [6, 6.07) is 0. The molecule has 0 aliphatic heterocycles. The molecule has 0 aromatic heterocycles. The van der Waals surface area contributed by atoms with Crippen molar-refractivity contribution in [2.75, 3.05) is 6.61 Å². The van der Waals surface area contributed by atoms with Gasteiger partial charge in [0.1, 0.15) is 6.10 Å². The topological polar surface area (TPSA) is 35.5 Å². The molecule has 0 saturated heterocycles. The van der Waals surface area contributed by atoms with Crippen LogP contribution in [0.25, 0.3) is 0 Å². The Hall–Kier alpha value is -0.990. The maximum Gasteiger partial charge on any atom is 0.508 e. The number of allylic oxidation sites excluding steroid dienone is 1. The van der Waals surface area contributed by atoms with Crippen LogP contribution in [0.2, 0.25) is 0 Å². The molecule has 0 amide bonds. The van der Waals surface area contributed by atoms with Crippen LogP contribution in [0, 0.1) is 52.3 Å². The van der Waals surface area contributed by atoms with Crippen LogP contribution in [0.1, 0.15) is 126 Å². The second-order valence-electron chi connectivity index (χ2n) is 14.6. The van der Waals surface area contributed by atoms with E-state index in [9.17, 15) is 4.79 Å². The van der Waals surface area contributed by atoms with Gasteiger partial charge in [0.2, 0.25) is 0 Å². The van der Waals surface area contributed by atoms with Gasteiger partial charge in [-0.2, -0.15) is 0 Å². The molecule has 3 nitrogen and oxygen atoms in total. The maximum absolute atomic E-state index is 12.2. The van der Waals surface area contributed by atoms with E-state index in [4.69, 9.17) is 9.47 Å². The van der Waals surface area contributed by atoms with E-state index in [0.29, 0.717) is 23.4 Å². The molecule has 206 valence electrons. The first kappa shape index (κ1) is 28.0. The first-order valence-corrected chi connectivity index (χ1v) is 15.6. The zero-order valence-electron chi connectivity index (χ0n) is 24.6. The van der Waals surface area contributed by atoms with Crippen LogP contribution in [0.5, 0.6) is 0 Å². The van der Waals surface area contributed by atoms with E-state index in [-0.39, 0.29) is 6.10 Å². The van der Waals surface area contributed by atoms with Crippen molar-refractivity contribution in [1.29, 1.82) is 0 Å². The molecule has 0 bridgehead atoms. The van der Waals surface area contributed by atoms with Crippen LogP contribution < -0.4 is 0 Å². The van der Waals surface area contributed by atoms with E-state index < -0.39 is 6.16 Å². The quantitative estimate of drug-likeness (QED) is 0.233. The molecule has 0 unspecified atom stereocenters. The van der Waals surface area contributed by atoms with Crippen molar-refractivity contribution in [1.82, 2.24) is 0 Å². The van der Waals surface area contributed by atoms with Gasteiger partial charge in [-0.1, -0.05) is 79.4 Å². The summed E-state index contributed by atoms with van der Waals surface area (Å²) in [4.78, 5) is 12.2. The van der Waals surface area contributed by atoms with Crippen molar-refractivity contribution in [2.45, 2.75) is 132 Å². The summed E-state index contributed by atoms with van der Waals surface area (Å²) < 4.78 is 11.1. The molecule has 3 heteroatoms. The lowest BCUT2D eigenvalue weighted by atomic mass is 9.47. The highest BCUT2D eigenvalue weighted by Gasteiger charge is 2.59. The summed E-state index contributed by atoms with van der Waals surface area (Å²) in [6.45, 7) is 17.3. The lowest BCUT2D eigenvalue weighted by Crippen LogP contribution is -2.51. The van der Waals surface area contributed by atoms with Crippen molar-refractivity contribution in [3.8, 4) is 0 Å². The number of hydrogen-bond donors (Lipinski definition) is 0. The fraction of sp³-hybridized carbons (Fsp3) is 0.909. The van der Waals surface area contributed by atoms with E-state index in [1.165, 1.54) is 51.4 Å². The Bertz CT molecular complexity index is 784. The van der Waals surface area contributed by atoms with Gasteiger partial charge in [-0.05, 0) is 104 Å². The van der Waals surface area contributed by atoms with E-state index in [1.807, 2.05) is 0 Å². The summed E-state index contributed by atoms with van der Waals surface area (Å²) in [7, 11) is 0. The lowest BCUT2D eigenvalue weighted by molar-refractivity contribution is -0.0618. The first-order valence-electron chi connectivity index (χ1n) is 15.6. The number of rotatable bonds is 9. The Balaban J connectivity index is 1.37. The van der Waals surface area contributed by atoms with E-state index in [0.717, 1.165) is 61.2 Å². The van der Waals surface area contributed by atoms with Crippen LogP contribution in [-0.4, -0.2) is 18.9 Å². The Kier molecular flexibility index (Phi) is 8.88. The molecule has 0 N–H and O–H groups in total. The molecular formula is C33H56O3. The normalized spacial score (nSPS) is 38.7. The minimum Gasteiger partial charge on any atom is -0.434 e. The smallest absolute Gasteiger partial charge is 0.434 e. The van der Waals surface area contributed by atoms with Gasteiger partial charge in [-0.25, -0.2) is 4.79 Å². The lowest BCUT2D eigenvalue weighted by Gasteiger charge is -2.58. The van der Waals surface area contributed by atoms with Gasteiger partial charge in [-0.15, -0.1) is 0 Å². The minimum absolute atomic E-state index is 0.0103. The zero-order valence-corrected chi connectivity index (χ0v) is 24.6. The average molecular weight is 501 g/mol. The summed E-state index contributed by atoms with van der Waals surface area (Å²) in [5.41, 5.74) is 2.42. The maximum atomic E-state index is 12.2. The van der Waals surface area contributed by atoms with Gasteiger partial charge in [-0.3, -0.25) is 0 Å². The zero-order chi connectivity index (χ0) is 26.1. The van der Waals surface area contributed by atoms with Crippen molar-refractivity contribution in [3.05, 3.63) is 11.6 Å². The van der Waals surface area contributed by atoms with E-state index in [2.05, 4.69) is 54.5 Å². The van der Waals surface area contributed by atoms with Crippen LogP contribution in [-0.2, 0) is 9.47 Å². The van der Waals surface area contributed by atoms with Crippen LogP contribution in [0.4, 0.5) is 4.79 Å². The van der Waals surface area contributed by atoms with Gasteiger partial charge in [0.15, 0.2) is 0 Å². The van der Waals surface area contributed by atoms with Crippen molar-refractivity contribution in [3.63, 3.8) is 0 Å². The Morgan fingerprint density at radius 1 is 0.944 bits per heavy atom. The SMILES string of the molecule is CC(C)CCC[C@@H](C)[C@H]1CC[C@H]2[C@@H]3CC=C4C[C@@H](OC(=O)OCCC(C)C)CC[C@]4(C)[C@H]3CC[C@]12C. The van der Waals surface area contributed by atoms with Crippen molar-refractivity contribution in [2.24, 2.45) is 52.3 Å². The predicted molar refractivity (Wildman–Crippen MR) is 149 cm³/mol. The predicted octanol–water partition coefficient (Wildman–Crippen LogP) is 9.60. The Morgan fingerprint density at radius 3 is 2.42 bits per heavy atom.